The molecule has 0 saturated heterocycles. The van der Waals surface area contributed by atoms with Gasteiger partial charge in [0.2, 0.25) is 0 Å². The van der Waals surface area contributed by atoms with Crippen molar-refractivity contribution in [2.45, 2.75) is 13.3 Å². The van der Waals surface area contributed by atoms with E-state index in [1.165, 1.54) is 23.3 Å². The zero-order chi connectivity index (χ0) is 19.5. The highest BCUT2D eigenvalue weighted by Crippen LogP contribution is 2.28. The normalized spacial score (nSPS) is 16.2. The minimum atomic E-state index is -0.272. The molecule has 0 spiro atoms. The molecule has 2 aromatic carbocycles. The zero-order valence-electron chi connectivity index (χ0n) is 15.8. The van der Waals surface area contributed by atoms with Gasteiger partial charge < -0.3 is 10.2 Å². The van der Waals surface area contributed by atoms with Gasteiger partial charge in [0.25, 0.3) is 0 Å². The van der Waals surface area contributed by atoms with Crippen LogP contribution in [-0.4, -0.2) is 18.2 Å². The molecule has 0 amide bonds. The van der Waals surface area contributed by atoms with Crippen LogP contribution < -0.4 is 5.32 Å². The van der Waals surface area contributed by atoms with Crippen molar-refractivity contribution in [1.82, 2.24) is 4.90 Å². The van der Waals surface area contributed by atoms with E-state index in [1.54, 1.807) is 25.3 Å². The van der Waals surface area contributed by atoms with Crippen molar-refractivity contribution in [3.8, 4) is 11.8 Å². The average Bonchev–Trinajstić information content (AvgIpc) is 3.17. The summed E-state index contributed by atoms with van der Waals surface area (Å²) in [6.07, 6.45) is 9.00. The Balaban J connectivity index is 1.66. The van der Waals surface area contributed by atoms with Gasteiger partial charge in [0.05, 0.1) is 5.57 Å². The second-order valence-corrected chi connectivity index (χ2v) is 6.61. The van der Waals surface area contributed by atoms with Gasteiger partial charge in [0, 0.05) is 18.9 Å². The summed E-state index contributed by atoms with van der Waals surface area (Å²) in [4.78, 5) is 6.50. The van der Waals surface area contributed by atoms with Crippen LogP contribution in [0.2, 0.25) is 0 Å². The van der Waals surface area contributed by atoms with E-state index in [4.69, 9.17) is 0 Å². The minimum Gasteiger partial charge on any atom is -0.342 e. The predicted octanol–water partition coefficient (Wildman–Crippen LogP) is 5.06. The van der Waals surface area contributed by atoms with E-state index in [0.717, 1.165) is 29.1 Å². The Hall–Kier alpha value is -3.58. The topological polar surface area (TPSA) is 27.6 Å². The maximum atomic E-state index is 13.3. The largest absolute Gasteiger partial charge is 0.342 e. The van der Waals surface area contributed by atoms with Crippen LogP contribution in [0.5, 0.6) is 0 Å². The summed E-state index contributed by atoms with van der Waals surface area (Å²) in [5.74, 6) is 7.40. The summed E-state index contributed by atoms with van der Waals surface area (Å²) in [6, 6.07) is 12.7. The van der Waals surface area contributed by atoms with Crippen LogP contribution in [0.4, 0.5) is 10.1 Å². The number of rotatable bonds is 3. The number of nitrogens with zero attached hydrogens (tertiary/aromatic N) is 2. The Kier molecular flexibility index (Phi) is 4.82. The molecule has 2 aromatic rings. The van der Waals surface area contributed by atoms with Crippen LogP contribution in [0.15, 0.2) is 71.3 Å². The number of allylic oxidation sites excluding steroid dienone is 3. The Morgan fingerprint density at radius 1 is 1.18 bits per heavy atom. The first kappa shape index (κ1) is 17.8. The summed E-state index contributed by atoms with van der Waals surface area (Å²) in [5.41, 5.74) is 5.19. The Labute approximate surface area is 164 Å². The van der Waals surface area contributed by atoms with E-state index in [2.05, 4.69) is 52.5 Å². The summed E-state index contributed by atoms with van der Waals surface area (Å²) in [6.45, 7) is 1.78. The molecular formula is C24H20FN3. The molecule has 1 N–H and O–H groups in total. The average molecular weight is 369 g/mol. The molecule has 1 heterocycles. The van der Waals surface area contributed by atoms with Gasteiger partial charge in [0.15, 0.2) is 0 Å². The predicted molar refractivity (Wildman–Crippen MR) is 114 cm³/mol. The third-order valence-electron chi connectivity index (χ3n) is 4.77. The fraction of sp³-hybridized carbons (Fsp3) is 0.125. The van der Waals surface area contributed by atoms with Crippen LogP contribution in [0.25, 0.3) is 11.6 Å². The van der Waals surface area contributed by atoms with Crippen molar-refractivity contribution in [2.75, 3.05) is 12.4 Å². The number of fused-ring (bicyclic) bond motifs is 1. The van der Waals surface area contributed by atoms with E-state index >= 15 is 0 Å². The highest BCUT2D eigenvalue weighted by Gasteiger charge is 2.18. The molecule has 4 heteroatoms. The van der Waals surface area contributed by atoms with Crippen molar-refractivity contribution in [3.05, 3.63) is 88.8 Å². The lowest BCUT2D eigenvalue weighted by Crippen LogP contribution is -2.25. The fourth-order valence-electron chi connectivity index (χ4n) is 3.32. The number of hydrogen-bond acceptors (Lipinski definition) is 3. The van der Waals surface area contributed by atoms with Gasteiger partial charge in [-0.15, -0.1) is 5.92 Å². The lowest BCUT2D eigenvalue weighted by Gasteiger charge is -2.27. The van der Waals surface area contributed by atoms with Gasteiger partial charge in [-0.2, -0.15) is 0 Å². The van der Waals surface area contributed by atoms with Gasteiger partial charge in [-0.25, -0.2) is 9.38 Å². The van der Waals surface area contributed by atoms with E-state index in [-0.39, 0.29) is 5.82 Å². The van der Waals surface area contributed by atoms with E-state index < -0.39 is 0 Å². The maximum absolute atomic E-state index is 13.3. The molecule has 0 radical (unpaired) electrons. The van der Waals surface area contributed by atoms with Crippen molar-refractivity contribution in [2.24, 2.45) is 4.99 Å². The molecule has 0 aromatic heterocycles. The molecule has 0 fully saturated rings. The molecule has 138 valence electrons. The van der Waals surface area contributed by atoms with E-state index in [0.29, 0.717) is 5.82 Å². The first-order valence-electron chi connectivity index (χ1n) is 9.13. The molecule has 28 heavy (non-hydrogen) atoms. The van der Waals surface area contributed by atoms with Gasteiger partial charge in [-0.05, 0) is 60.4 Å². The second kappa shape index (κ2) is 7.58. The van der Waals surface area contributed by atoms with Crippen LogP contribution in [0.1, 0.15) is 23.6 Å². The Morgan fingerprint density at radius 3 is 2.79 bits per heavy atom. The van der Waals surface area contributed by atoms with Gasteiger partial charge in [-0.1, -0.05) is 36.3 Å². The highest BCUT2D eigenvalue weighted by atomic mass is 19.1. The molecule has 0 unspecified atom stereocenters. The molecule has 0 atom stereocenters. The number of halogens is 1. The number of nitrogens with one attached hydrogen (secondary N) is 1. The zero-order valence-corrected chi connectivity index (χ0v) is 15.8. The summed E-state index contributed by atoms with van der Waals surface area (Å²) in [7, 11) is 1.94. The van der Waals surface area contributed by atoms with Crippen LogP contribution in [0.3, 0.4) is 0 Å². The molecular weight excluding hydrogens is 349 g/mol. The summed E-state index contributed by atoms with van der Waals surface area (Å²) < 4.78 is 13.3. The number of anilines is 1. The Morgan fingerprint density at radius 2 is 2.00 bits per heavy atom. The molecule has 0 bridgehead atoms. The van der Waals surface area contributed by atoms with Crippen LogP contribution in [-0.2, 0) is 6.42 Å². The summed E-state index contributed by atoms with van der Waals surface area (Å²) in [5, 5.41) is 3.47. The monoisotopic (exact) mass is 369 g/mol. The molecule has 3 nitrogen and oxygen atoms in total. The third kappa shape index (κ3) is 3.47. The van der Waals surface area contributed by atoms with Crippen LogP contribution >= 0.6 is 0 Å². The third-order valence-corrected chi connectivity index (χ3v) is 4.77. The summed E-state index contributed by atoms with van der Waals surface area (Å²) >= 11 is 0. The van der Waals surface area contributed by atoms with Gasteiger partial charge in [-0.3, -0.25) is 0 Å². The van der Waals surface area contributed by atoms with E-state index in [1.807, 2.05) is 18.0 Å². The van der Waals surface area contributed by atoms with Crippen molar-refractivity contribution >= 4 is 23.6 Å². The SMILES string of the molecule is CC#C/C(=C1/N=CC=C(Nc2ccc3c(c2)C=CC3)N1C)c1ccc(F)cc1. The van der Waals surface area contributed by atoms with Crippen LogP contribution in [0, 0.1) is 17.7 Å². The smallest absolute Gasteiger partial charge is 0.150 e. The van der Waals surface area contributed by atoms with Crippen molar-refractivity contribution < 1.29 is 4.39 Å². The van der Waals surface area contributed by atoms with E-state index in [9.17, 15) is 4.39 Å². The first-order chi connectivity index (χ1) is 13.7. The number of aliphatic imine (C=N–C) groups is 1. The lowest BCUT2D eigenvalue weighted by molar-refractivity contribution is 0.519. The highest BCUT2D eigenvalue weighted by molar-refractivity contribution is 5.85. The van der Waals surface area contributed by atoms with Crippen molar-refractivity contribution in [1.29, 1.82) is 0 Å². The second-order valence-electron chi connectivity index (χ2n) is 6.61. The molecule has 0 saturated carbocycles. The number of hydrogen-bond donors (Lipinski definition) is 1. The molecule has 1 aliphatic heterocycles. The van der Waals surface area contributed by atoms with Gasteiger partial charge in [0.1, 0.15) is 17.5 Å². The standard InChI is InChI=1S/C24H20FN3/c1-3-5-22(18-8-11-20(25)12-9-18)24-26-15-14-23(28(24)2)27-21-13-10-17-6-4-7-19(17)16-21/h4,7-16,27H,6H2,1-2H3/b24-22+. The first-order valence-corrected chi connectivity index (χ1v) is 9.13. The quantitative estimate of drug-likeness (QED) is 0.766. The molecule has 4 rings (SSSR count). The maximum Gasteiger partial charge on any atom is 0.150 e. The molecule has 2 aliphatic rings. The Bertz CT molecular complexity index is 1090. The lowest BCUT2D eigenvalue weighted by atomic mass is 10.1. The fourth-order valence-corrected chi connectivity index (χ4v) is 3.32. The van der Waals surface area contributed by atoms with Gasteiger partial charge >= 0.3 is 0 Å². The minimum absolute atomic E-state index is 0.272. The molecule has 1 aliphatic carbocycles. The number of benzene rings is 2. The van der Waals surface area contributed by atoms with Crippen molar-refractivity contribution in [3.63, 3.8) is 0 Å².